The molecule has 0 aliphatic rings. The molecule has 0 saturated carbocycles. The second kappa shape index (κ2) is 5.02. The van der Waals surface area contributed by atoms with Crippen LogP contribution < -0.4 is 5.32 Å². The first-order valence-corrected chi connectivity index (χ1v) is 5.31. The van der Waals surface area contributed by atoms with Gasteiger partial charge in [0.1, 0.15) is 12.0 Å². The summed E-state index contributed by atoms with van der Waals surface area (Å²) >= 11 is 5.72. The Kier molecular flexibility index (Phi) is 3.43. The quantitative estimate of drug-likeness (QED) is 0.667. The number of aromatic nitrogens is 2. The van der Waals surface area contributed by atoms with E-state index in [-0.39, 0.29) is 16.4 Å². The van der Waals surface area contributed by atoms with Gasteiger partial charge in [0.15, 0.2) is 0 Å². The zero-order chi connectivity index (χ0) is 14.0. The van der Waals surface area contributed by atoms with Crippen molar-refractivity contribution in [3.8, 4) is 0 Å². The van der Waals surface area contributed by atoms with E-state index in [0.29, 0.717) is 0 Å². The highest BCUT2D eigenvalue weighted by Crippen LogP contribution is 2.24. The Morgan fingerprint density at radius 2 is 2.26 bits per heavy atom. The molecule has 0 aliphatic carbocycles. The highest BCUT2D eigenvalue weighted by atomic mass is 35.5. The molecule has 0 unspecified atom stereocenters. The van der Waals surface area contributed by atoms with Crippen molar-refractivity contribution in [1.29, 1.82) is 0 Å². The lowest BCUT2D eigenvalue weighted by Gasteiger charge is -2.05. The molecule has 2 aromatic rings. The molecule has 2 N–H and O–H groups in total. The number of nitro groups is 1. The van der Waals surface area contributed by atoms with Crippen molar-refractivity contribution in [2.45, 2.75) is 0 Å². The molecule has 0 fully saturated rings. The number of aromatic amines is 1. The number of benzene rings is 1. The molecule has 98 valence electrons. The van der Waals surface area contributed by atoms with Gasteiger partial charge in [0.25, 0.3) is 5.91 Å². The standard InChI is InChI=1S/C10H6ClFN4O3/c11-6-3-5(12)1-2-7(6)14-10(17)9-8(16(18)19)4-13-15-9/h1-4H,(H,13,15)(H,14,17). The fourth-order valence-corrected chi connectivity index (χ4v) is 1.58. The molecule has 0 aliphatic heterocycles. The van der Waals surface area contributed by atoms with Crippen LogP contribution in [0, 0.1) is 15.9 Å². The summed E-state index contributed by atoms with van der Waals surface area (Å²) in [6.07, 6.45) is 0.918. The lowest BCUT2D eigenvalue weighted by atomic mass is 10.3. The van der Waals surface area contributed by atoms with Gasteiger partial charge in [0, 0.05) is 0 Å². The van der Waals surface area contributed by atoms with Crippen LogP contribution in [0.4, 0.5) is 15.8 Å². The molecule has 19 heavy (non-hydrogen) atoms. The third kappa shape index (κ3) is 2.68. The fraction of sp³-hybridized carbons (Fsp3) is 0. The smallest absolute Gasteiger partial charge is 0.319 e. The summed E-state index contributed by atoms with van der Waals surface area (Å²) in [5.74, 6) is -1.35. The first-order valence-electron chi connectivity index (χ1n) is 4.93. The number of nitrogens with zero attached hydrogens (tertiary/aromatic N) is 2. The normalized spacial score (nSPS) is 10.2. The predicted octanol–water partition coefficient (Wildman–Crippen LogP) is 2.36. The van der Waals surface area contributed by atoms with Crippen LogP contribution in [0.25, 0.3) is 0 Å². The predicted molar refractivity (Wildman–Crippen MR) is 64.6 cm³/mol. The number of carbonyl (C=O) groups is 1. The Bertz CT molecular complexity index is 658. The van der Waals surface area contributed by atoms with E-state index in [1.165, 1.54) is 6.07 Å². The highest BCUT2D eigenvalue weighted by molar-refractivity contribution is 6.33. The lowest BCUT2D eigenvalue weighted by molar-refractivity contribution is -0.385. The van der Waals surface area contributed by atoms with E-state index in [4.69, 9.17) is 11.6 Å². The zero-order valence-corrected chi connectivity index (χ0v) is 9.94. The van der Waals surface area contributed by atoms with Crippen molar-refractivity contribution in [2.75, 3.05) is 5.32 Å². The van der Waals surface area contributed by atoms with Gasteiger partial charge >= 0.3 is 5.69 Å². The van der Waals surface area contributed by atoms with Gasteiger partial charge in [-0.25, -0.2) is 4.39 Å². The van der Waals surface area contributed by atoms with Gasteiger partial charge in [-0.15, -0.1) is 0 Å². The summed E-state index contributed by atoms with van der Waals surface area (Å²) in [5.41, 5.74) is -0.641. The van der Waals surface area contributed by atoms with Gasteiger partial charge in [-0.05, 0) is 18.2 Å². The van der Waals surface area contributed by atoms with Crippen molar-refractivity contribution >= 4 is 28.9 Å². The minimum Gasteiger partial charge on any atom is -0.319 e. The summed E-state index contributed by atoms with van der Waals surface area (Å²) < 4.78 is 12.8. The van der Waals surface area contributed by atoms with Crippen molar-refractivity contribution in [3.05, 3.63) is 51.0 Å². The Balaban J connectivity index is 2.26. The topological polar surface area (TPSA) is 101 Å². The Hall–Kier alpha value is -2.48. The van der Waals surface area contributed by atoms with E-state index in [9.17, 15) is 19.3 Å². The molecule has 1 amide bonds. The first-order chi connectivity index (χ1) is 8.99. The van der Waals surface area contributed by atoms with Crippen LogP contribution >= 0.6 is 11.6 Å². The minimum atomic E-state index is -0.794. The second-order valence-corrected chi connectivity index (χ2v) is 3.87. The Morgan fingerprint density at radius 3 is 2.89 bits per heavy atom. The summed E-state index contributed by atoms with van der Waals surface area (Å²) in [4.78, 5) is 21.7. The molecule has 1 aromatic carbocycles. The van der Waals surface area contributed by atoms with Crippen LogP contribution in [0.1, 0.15) is 10.5 Å². The maximum Gasteiger partial charge on any atom is 0.319 e. The molecular formula is C10H6ClFN4O3. The largest absolute Gasteiger partial charge is 0.319 e. The van der Waals surface area contributed by atoms with Gasteiger partial charge in [-0.2, -0.15) is 5.10 Å². The van der Waals surface area contributed by atoms with Crippen molar-refractivity contribution in [3.63, 3.8) is 0 Å². The van der Waals surface area contributed by atoms with E-state index in [2.05, 4.69) is 15.5 Å². The Labute approximate surface area is 110 Å². The summed E-state index contributed by atoms with van der Waals surface area (Å²) in [6.45, 7) is 0. The van der Waals surface area contributed by atoms with Crippen LogP contribution in [0.5, 0.6) is 0 Å². The summed E-state index contributed by atoms with van der Waals surface area (Å²) in [5, 5.41) is 18.6. The SMILES string of the molecule is O=C(Nc1ccc(F)cc1Cl)c1[nH]ncc1[N+](=O)[O-]. The van der Waals surface area contributed by atoms with Gasteiger partial charge < -0.3 is 5.32 Å². The van der Waals surface area contributed by atoms with Crippen LogP contribution in [0.2, 0.25) is 5.02 Å². The van der Waals surface area contributed by atoms with Crippen LogP contribution in [0.15, 0.2) is 24.4 Å². The number of hydrogen-bond acceptors (Lipinski definition) is 4. The van der Waals surface area contributed by atoms with E-state index < -0.39 is 22.3 Å². The van der Waals surface area contributed by atoms with Gasteiger partial charge in [-0.3, -0.25) is 20.0 Å². The van der Waals surface area contributed by atoms with Gasteiger partial charge in [0.05, 0.1) is 15.6 Å². The molecular weight excluding hydrogens is 279 g/mol. The maximum atomic E-state index is 12.8. The molecule has 1 heterocycles. The average Bonchev–Trinajstić information content (AvgIpc) is 2.82. The Morgan fingerprint density at radius 1 is 1.53 bits per heavy atom. The number of rotatable bonds is 3. The van der Waals surface area contributed by atoms with Gasteiger partial charge in [0.2, 0.25) is 5.69 Å². The lowest BCUT2D eigenvalue weighted by Crippen LogP contribution is -2.14. The number of nitrogens with one attached hydrogen (secondary N) is 2. The summed E-state index contributed by atoms with van der Waals surface area (Å²) in [6, 6.07) is 3.36. The monoisotopic (exact) mass is 284 g/mol. The molecule has 1 aromatic heterocycles. The molecule has 0 spiro atoms. The van der Waals surface area contributed by atoms with E-state index in [0.717, 1.165) is 18.3 Å². The highest BCUT2D eigenvalue weighted by Gasteiger charge is 2.23. The number of hydrogen-bond donors (Lipinski definition) is 2. The number of halogens is 2. The van der Waals surface area contributed by atoms with Crippen LogP contribution in [-0.2, 0) is 0 Å². The number of amides is 1. The van der Waals surface area contributed by atoms with Crippen molar-refractivity contribution < 1.29 is 14.1 Å². The van der Waals surface area contributed by atoms with Gasteiger partial charge in [-0.1, -0.05) is 11.6 Å². The zero-order valence-electron chi connectivity index (χ0n) is 9.18. The molecule has 0 bridgehead atoms. The van der Waals surface area contributed by atoms with Crippen LogP contribution in [-0.4, -0.2) is 21.0 Å². The van der Waals surface area contributed by atoms with Crippen LogP contribution in [0.3, 0.4) is 0 Å². The molecule has 2 rings (SSSR count). The second-order valence-electron chi connectivity index (χ2n) is 3.47. The van der Waals surface area contributed by atoms with Crippen molar-refractivity contribution in [1.82, 2.24) is 10.2 Å². The minimum absolute atomic E-state index is 0.0180. The average molecular weight is 285 g/mol. The third-order valence-corrected chi connectivity index (χ3v) is 2.54. The summed E-state index contributed by atoms with van der Waals surface area (Å²) in [7, 11) is 0. The number of H-pyrrole nitrogens is 1. The van der Waals surface area contributed by atoms with E-state index in [1.807, 2.05) is 0 Å². The maximum absolute atomic E-state index is 12.8. The van der Waals surface area contributed by atoms with E-state index >= 15 is 0 Å². The fourth-order valence-electron chi connectivity index (χ4n) is 1.36. The molecule has 7 nitrogen and oxygen atoms in total. The van der Waals surface area contributed by atoms with E-state index in [1.54, 1.807) is 0 Å². The number of carbonyl (C=O) groups excluding carboxylic acids is 1. The van der Waals surface area contributed by atoms with Crippen molar-refractivity contribution in [2.24, 2.45) is 0 Å². The third-order valence-electron chi connectivity index (χ3n) is 2.22. The molecule has 0 atom stereocenters. The number of anilines is 1. The molecule has 0 saturated heterocycles. The molecule has 0 radical (unpaired) electrons. The molecule has 9 heteroatoms. The first kappa shape index (κ1) is 13.0.